The fraction of sp³-hybridized carbons (Fsp3) is 0.250. The molecule has 0 aliphatic heterocycles. The summed E-state index contributed by atoms with van der Waals surface area (Å²) in [5.41, 5.74) is 2.73. The third-order valence-electron chi connectivity index (χ3n) is 2.32. The van der Waals surface area contributed by atoms with Gasteiger partial charge < -0.3 is 15.3 Å². The van der Waals surface area contributed by atoms with Crippen LogP contribution in [0.5, 0.6) is 0 Å². The summed E-state index contributed by atoms with van der Waals surface area (Å²) in [7, 11) is 0. The predicted molar refractivity (Wildman–Crippen MR) is 75.2 cm³/mol. The lowest BCUT2D eigenvalue weighted by Crippen LogP contribution is -2.42. The smallest absolute Gasteiger partial charge is 0.421 e. The molecule has 0 aliphatic carbocycles. The SMILES string of the molecule is NN(Cc1ccccc1)C(=O)O.NNC(CC(=O)O)C(=O)O. The Morgan fingerprint density at radius 3 is 2.00 bits per heavy atom. The number of aliphatic carboxylic acids is 2. The predicted octanol–water partition coefficient (Wildman–Crippen LogP) is -0.582. The number of benzene rings is 1. The molecule has 1 rings (SSSR count). The summed E-state index contributed by atoms with van der Waals surface area (Å²) in [6.45, 7) is 0.218. The van der Waals surface area contributed by atoms with Gasteiger partial charge in [-0.1, -0.05) is 30.3 Å². The van der Waals surface area contributed by atoms with E-state index < -0.39 is 30.5 Å². The van der Waals surface area contributed by atoms with Gasteiger partial charge >= 0.3 is 18.0 Å². The molecule has 22 heavy (non-hydrogen) atoms. The van der Waals surface area contributed by atoms with Crippen molar-refractivity contribution in [2.75, 3.05) is 0 Å². The van der Waals surface area contributed by atoms with E-state index in [0.717, 1.165) is 10.6 Å². The minimum atomic E-state index is -1.27. The molecule has 10 nitrogen and oxygen atoms in total. The number of amides is 1. The maximum absolute atomic E-state index is 10.3. The normalized spacial score (nSPS) is 10.8. The van der Waals surface area contributed by atoms with Gasteiger partial charge in [0.1, 0.15) is 6.04 Å². The molecule has 0 saturated heterocycles. The number of carbonyl (C=O) groups is 3. The van der Waals surface area contributed by atoms with Crippen LogP contribution >= 0.6 is 0 Å². The van der Waals surface area contributed by atoms with Crippen LogP contribution in [0.25, 0.3) is 0 Å². The van der Waals surface area contributed by atoms with Crippen LogP contribution in [0.4, 0.5) is 4.79 Å². The lowest BCUT2D eigenvalue weighted by molar-refractivity contribution is -0.145. The molecule has 8 N–H and O–H groups in total. The van der Waals surface area contributed by atoms with Crippen LogP contribution in [0.15, 0.2) is 30.3 Å². The zero-order valence-corrected chi connectivity index (χ0v) is 11.5. The Bertz CT molecular complexity index is 496. The highest BCUT2D eigenvalue weighted by molar-refractivity contribution is 5.80. The number of nitrogens with two attached hydrogens (primary N) is 2. The van der Waals surface area contributed by atoms with Crippen LogP contribution < -0.4 is 17.1 Å². The van der Waals surface area contributed by atoms with Gasteiger partial charge in [0.25, 0.3) is 0 Å². The second-order valence-corrected chi connectivity index (χ2v) is 4.05. The summed E-state index contributed by atoms with van der Waals surface area (Å²) in [6, 6.07) is 7.98. The minimum Gasteiger partial charge on any atom is -0.481 e. The molecule has 122 valence electrons. The topological polar surface area (TPSA) is 179 Å². The van der Waals surface area contributed by atoms with Crippen LogP contribution in [0, 0.1) is 0 Å². The number of carboxylic acids is 2. The summed E-state index contributed by atoms with van der Waals surface area (Å²) in [6.07, 6.45) is -1.65. The first-order valence-electron chi connectivity index (χ1n) is 5.97. The number of rotatable bonds is 6. The van der Waals surface area contributed by atoms with Gasteiger partial charge in [-0.25, -0.2) is 21.1 Å². The second-order valence-electron chi connectivity index (χ2n) is 4.05. The number of hydrogen-bond acceptors (Lipinski definition) is 6. The highest BCUT2D eigenvalue weighted by atomic mass is 16.4. The van der Waals surface area contributed by atoms with Crippen LogP contribution in [0.3, 0.4) is 0 Å². The Kier molecular flexibility index (Phi) is 8.86. The maximum atomic E-state index is 10.3. The standard InChI is InChI=1S/C8H10N2O2.C4H8N2O4/c9-10(8(11)12)6-7-4-2-1-3-5-7;5-6-2(4(9)10)1-3(7)8/h1-5H,6,9H2,(H,11,12);2,6H,1,5H2,(H,7,8)(H,9,10). The number of carboxylic acid groups (broad SMARTS) is 3. The Balaban J connectivity index is 0.000000409. The van der Waals surface area contributed by atoms with Crippen molar-refractivity contribution >= 4 is 18.0 Å². The van der Waals surface area contributed by atoms with Crippen molar-refractivity contribution in [3.05, 3.63) is 35.9 Å². The second kappa shape index (κ2) is 10.1. The van der Waals surface area contributed by atoms with E-state index in [-0.39, 0.29) is 6.54 Å². The number of nitrogens with one attached hydrogen (secondary N) is 1. The summed E-state index contributed by atoms with van der Waals surface area (Å²) in [5.74, 6) is 7.43. The van der Waals surface area contributed by atoms with Gasteiger partial charge in [0.2, 0.25) is 0 Å². The monoisotopic (exact) mass is 314 g/mol. The van der Waals surface area contributed by atoms with Crippen molar-refractivity contribution in [1.82, 2.24) is 10.4 Å². The number of nitrogens with zero attached hydrogens (tertiary/aromatic N) is 1. The summed E-state index contributed by atoms with van der Waals surface area (Å²) in [4.78, 5) is 30.3. The Labute approximate surface area is 125 Å². The van der Waals surface area contributed by atoms with Crippen molar-refractivity contribution in [3.8, 4) is 0 Å². The maximum Gasteiger partial charge on any atom is 0.421 e. The van der Waals surface area contributed by atoms with Gasteiger partial charge in [-0.15, -0.1) is 0 Å². The van der Waals surface area contributed by atoms with Crippen molar-refractivity contribution < 1.29 is 29.7 Å². The fourth-order valence-electron chi connectivity index (χ4n) is 1.24. The number of hydrogen-bond donors (Lipinski definition) is 6. The average molecular weight is 314 g/mol. The first kappa shape index (κ1) is 19.3. The zero-order chi connectivity index (χ0) is 17.1. The molecule has 0 aromatic heterocycles. The van der Waals surface area contributed by atoms with Gasteiger partial charge in [-0.05, 0) is 5.56 Å². The zero-order valence-electron chi connectivity index (χ0n) is 11.5. The molecule has 1 amide bonds. The molecular weight excluding hydrogens is 296 g/mol. The third-order valence-corrected chi connectivity index (χ3v) is 2.32. The van der Waals surface area contributed by atoms with E-state index in [0.29, 0.717) is 0 Å². The molecule has 0 radical (unpaired) electrons. The van der Waals surface area contributed by atoms with Gasteiger partial charge in [0.15, 0.2) is 0 Å². The summed E-state index contributed by atoms with van der Waals surface area (Å²) < 4.78 is 0. The van der Waals surface area contributed by atoms with Gasteiger partial charge in [0, 0.05) is 0 Å². The molecule has 1 aromatic rings. The largest absolute Gasteiger partial charge is 0.481 e. The van der Waals surface area contributed by atoms with Crippen molar-refractivity contribution in [2.24, 2.45) is 11.7 Å². The summed E-state index contributed by atoms with van der Waals surface area (Å²) in [5, 5.41) is 25.5. The minimum absolute atomic E-state index is 0.218. The lowest BCUT2D eigenvalue weighted by atomic mass is 10.2. The Morgan fingerprint density at radius 2 is 1.68 bits per heavy atom. The molecule has 0 spiro atoms. The van der Waals surface area contributed by atoms with E-state index >= 15 is 0 Å². The molecular formula is C12H18N4O6. The highest BCUT2D eigenvalue weighted by Crippen LogP contribution is 2.00. The van der Waals surface area contributed by atoms with Crippen LogP contribution in [0.2, 0.25) is 0 Å². The highest BCUT2D eigenvalue weighted by Gasteiger charge is 2.18. The Morgan fingerprint density at radius 1 is 1.14 bits per heavy atom. The van der Waals surface area contributed by atoms with E-state index in [2.05, 4.69) is 0 Å². The molecule has 0 saturated carbocycles. The first-order chi connectivity index (χ1) is 10.3. The molecule has 0 bridgehead atoms. The molecule has 10 heteroatoms. The molecule has 0 aliphatic rings. The molecule has 0 heterocycles. The van der Waals surface area contributed by atoms with Gasteiger partial charge in [-0.2, -0.15) is 0 Å². The molecule has 1 aromatic carbocycles. The van der Waals surface area contributed by atoms with E-state index in [1.54, 1.807) is 0 Å². The molecule has 1 unspecified atom stereocenters. The van der Waals surface area contributed by atoms with Crippen molar-refractivity contribution in [2.45, 2.75) is 19.0 Å². The van der Waals surface area contributed by atoms with Crippen molar-refractivity contribution in [1.29, 1.82) is 0 Å². The Hall–Kier alpha value is -2.69. The van der Waals surface area contributed by atoms with E-state index in [1.165, 1.54) is 0 Å². The van der Waals surface area contributed by atoms with Crippen LogP contribution in [-0.4, -0.2) is 44.4 Å². The van der Waals surface area contributed by atoms with Crippen LogP contribution in [-0.2, 0) is 16.1 Å². The van der Waals surface area contributed by atoms with Gasteiger partial charge in [-0.3, -0.25) is 15.4 Å². The first-order valence-corrected chi connectivity index (χ1v) is 5.97. The quantitative estimate of drug-likeness (QED) is 0.227. The van der Waals surface area contributed by atoms with Gasteiger partial charge in [0.05, 0.1) is 13.0 Å². The van der Waals surface area contributed by atoms with E-state index in [4.69, 9.17) is 27.0 Å². The molecule has 1 atom stereocenters. The van der Waals surface area contributed by atoms with E-state index in [1.807, 2.05) is 35.8 Å². The third kappa shape index (κ3) is 8.47. The van der Waals surface area contributed by atoms with E-state index in [9.17, 15) is 14.4 Å². The lowest BCUT2D eigenvalue weighted by Gasteiger charge is -2.11. The van der Waals surface area contributed by atoms with Crippen molar-refractivity contribution in [3.63, 3.8) is 0 Å². The van der Waals surface area contributed by atoms with Crippen LogP contribution in [0.1, 0.15) is 12.0 Å². The fourth-order valence-corrected chi connectivity index (χ4v) is 1.24. The number of hydrazine groups is 2. The average Bonchev–Trinajstić information content (AvgIpc) is 2.45. The molecule has 0 fully saturated rings. The summed E-state index contributed by atoms with van der Waals surface area (Å²) >= 11 is 0.